The van der Waals surface area contributed by atoms with Crippen LogP contribution < -0.4 is 0 Å². The molecule has 2 aliphatic rings. The van der Waals surface area contributed by atoms with Gasteiger partial charge in [-0.1, -0.05) is 43.0 Å². The molecule has 160 valence electrons. The lowest BCUT2D eigenvalue weighted by atomic mass is 9.76. The average molecular weight is 421 g/mol. The number of ether oxygens (including phenoxy) is 1. The quantitative estimate of drug-likeness (QED) is 0.684. The molecule has 1 unspecified atom stereocenters. The summed E-state index contributed by atoms with van der Waals surface area (Å²) in [5, 5.41) is 0.672. The zero-order valence-electron chi connectivity index (χ0n) is 17.8. The average Bonchev–Trinajstić information content (AvgIpc) is 2.68. The van der Waals surface area contributed by atoms with Crippen LogP contribution in [0.4, 0.5) is 4.79 Å². The normalized spacial score (nSPS) is 19.7. The van der Waals surface area contributed by atoms with E-state index in [2.05, 4.69) is 0 Å². The van der Waals surface area contributed by atoms with Crippen LogP contribution in [0.2, 0.25) is 5.02 Å². The van der Waals surface area contributed by atoms with Gasteiger partial charge in [-0.3, -0.25) is 4.79 Å². The highest BCUT2D eigenvalue weighted by Gasteiger charge is 2.36. The Kier molecular flexibility index (Phi) is 7.10. The first-order valence-electron chi connectivity index (χ1n) is 10.8. The van der Waals surface area contributed by atoms with Gasteiger partial charge in [-0.05, 0) is 57.2 Å². The molecule has 0 aromatic heterocycles. The summed E-state index contributed by atoms with van der Waals surface area (Å²) in [4.78, 5) is 29.5. The van der Waals surface area contributed by atoms with Crippen molar-refractivity contribution in [2.75, 3.05) is 26.2 Å². The third-order valence-corrected chi connectivity index (χ3v) is 6.07. The summed E-state index contributed by atoms with van der Waals surface area (Å²) in [5.41, 5.74) is 0.506. The van der Waals surface area contributed by atoms with Crippen molar-refractivity contribution in [2.24, 2.45) is 5.92 Å². The van der Waals surface area contributed by atoms with Crippen LogP contribution in [0.3, 0.4) is 0 Å². The predicted octanol–water partition coefficient (Wildman–Crippen LogP) is 5.08. The first kappa shape index (κ1) is 21.9. The third kappa shape index (κ3) is 5.88. The molecule has 2 fully saturated rings. The molecule has 0 radical (unpaired) electrons. The Bertz CT molecular complexity index is 717. The van der Waals surface area contributed by atoms with Crippen LogP contribution in [0.15, 0.2) is 24.3 Å². The lowest BCUT2D eigenvalue weighted by Crippen LogP contribution is -2.53. The molecule has 0 bridgehead atoms. The van der Waals surface area contributed by atoms with E-state index in [4.69, 9.17) is 16.3 Å². The summed E-state index contributed by atoms with van der Waals surface area (Å²) in [7, 11) is 0. The number of nitrogens with zero attached hydrogens (tertiary/aromatic N) is 2. The van der Waals surface area contributed by atoms with Gasteiger partial charge in [0.1, 0.15) is 5.60 Å². The highest BCUT2D eigenvalue weighted by Crippen LogP contribution is 2.38. The van der Waals surface area contributed by atoms with Crippen molar-refractivity contribution in [3.05, 3.63) is 34.9 Å². The Hall–Kier alpha value is -1.75. The summed E-state index contributed by atoms with van der Waals surface area (Å²) in [6, 6.07) is 7.75. The van der Waals surface area contributed by atoms with Crippen molar-refractivity contribution in [1.29, 1.82) is 0 Å². The van der Waals surface area contributed by atoms with Gasteiger partial charge in [0.2, 0.25) is 5.91 Å². The van der Waals surface area contributed by atoms with E-state index in [0.29, 0.717) is 37.1 Å². The topological polar surface area (TPSA) is 49.9 Å². The van der Waals surface area contributed by atoms with Crippen LogP contribution >= 0.6 is 11.6 Å². The minimum Gasteiger partial charge on any atom is -0.444 e. The third-order valence-electron chi connectivity index (χ3n) is 5.84. The Morgan fingerprint density at radius 1 is 1.03 bits per heavy atom. The van der Waals surface area contributed by atoms with Crippen LogP contribution in [0, 0.1) is 5.92 Å². The van der Waals surface area contributed by atoms with Gasteiger partial charge in [0.05, 0.1) is 5.92 Å². The van der Waals surface area contributed by atoms with Crippen molar-refractivity contribution in [1.82, 2.24) is 9.80 Å². The van der Waals surface area contributed by atoms with E-state index in [1.165, 1.54) is 19.3 Å². The monoisotopic (exact) mass is 420 g/mol. The van der Waals surface area contributed by atoms with E-state index in [-0.39, 0.29) is 17.9 Å². The first-order valence-corrected chi connectivity index (χ1v) is 11.1. The second-order valence-electron chi connectivity index (χ2n) is 9.22. The Labute approximate surface area is 179 Å². The van der Waals surface area contributed by atoms with E-state index in [0.717, 1.165) is 18.4 Å². The van der Waals surface area contributed by atoms with Crippen LogP contribution in [-0.4, -0.2) is 53.6 Å². The molecule has 3 rings (SSSR count). The lowest BCUT2D eigenvalue weighted by molar-refractivity contribution is -0.136. The fourth-order valence-electron chi connectivity index (χ4n) is 4.42. The number of halogens is 1. The van der Waals surface area contributed by atoms with E-state index >= 15 is 0 Å². The second-order valence-corrected chi connectivity index (χ2v) is 9.66. The van der Waals surface area contributed by atoms with Gasteiger partial charge < -0.3 is 14.5 Å². The van der Waals surface area contributed by atoms with Crippen molar-refractivity contribution >= 4 is 23.6 Å². The number of carbonyl (C=O) groups is 2. The SMILES string of the molecule is CC(C)(C)OC(=O)N1CCN(C(=O)C(c2cccc(Cl)c2)C2CCCCC2)CC1. The highest BCUT2D eigenvalue weighted by molar-refractivity contribution is 6.30. The van der Waals surface area contributed by atoms with E-state index in [1.54, 1.807) is 4.90 Å². The number of rotatable bonds is 3. The summed E-state index contributed by atoms with van der Waals surface area (Å²) in [6.07, 6.45) is 5.48. The Morgan fingerprint density at radius 3 is 2.24 bits per heavy atom. The fourth-order valence-corrected chi connectivity index (χ4v) is 4.62. The van der Waals surface area contributed by atoms with Gasteiger partial charge in [0.25, 0.3) is 0 Å². The molecule has 29 heavy (non-hydrogen) atoms. The number of carbonyl (C=O) groups excluding carboxylic acids is 2. The molecule has 1 saturated heterocycles. The number of hydrogen-bond acceptors (Lipinski definition) is 3. The van der Waals surface area contributed by atoms with Gasteiger partial charge in [0, 0.05) is 31.2 Å². The summed E-state index contributed by atoms with van der Waals surface area (Å²) in [6.45, 7) is 7.70. The summed E-state index contributed by atoms with van der Waals surface area (Å²) >= 11 is 6.24. The van der Waals surface area contributed by atoms with Crippen LogP contribution in [0.1, 0.15) is 64.4 Å². The first-order chi connectivity index (χ1) is 13.7. The molecule has 1 atom stereocenters. The number of piperazine rings is 1. The molecule has 1 saturated carbocycles. The van der Waals surface area contributed by atoms with E-state index < -0.39 is 5.60 Å². The maximum absolute atomic E-state index is 13.6. The highest BCUT2D eigenvalue weighted by atomic mass is 35.5. The molecule has 6 heteroatoms. The molecule has 2 amide bonds. The predicted molar refractivity (Wildman–Crippen MR) is 115 cm³/mol. The molecule has 1 aliphatic carbocycles. The second kappa shape index (κ2) is 9.38. The number of amides is 2. The summed E-state index contributed by atoms with van der Waals surface area (Å²) < 4.78 is 5.47. The lowest BCUT2D eigenvalue weighted by Gasteiger charge is -2.39. The van der Waals surface area contributed by atoms with Crippen molar-refractivity contribution in [3.63, 3.8) is 0 Å². The Morgan fingerprint density at radius 2 is 1.66 bits per heavy atom. The molecule has 1 aliphatic heterocycles. The fraction of sp³-hybridized carbons (Fsp3) is 0.652. The molecule has 1 aromatic rings. The molecule has 5 nitrogen and oxygen atoms in total. The Balaban J connectivity index is 1.69. The van der Waals surface area contributed by atoms with Crippen LogP contribution in [-0.2, 0) is 9.53 Å². The minimum absolute atomic E-state index is 0.151. The van der Waals surface area contributed by atoms with Crippen molar-refractivity contribution < 1.29 is 14.3 Å². The smallest absolute Gasteiger partial charge is 0.410 e. The zero-order valence-corrected chi connectivity index (χ0v) is 18.6. The molecule has 1 aromatic carbocycles. The van der Waals surface area contributed by atoms with Crippen molar-refractivity contribution in [2.45, 2.75) is 64.4 Å². The van der Waals surface area contributed by atoms with E-state index in [9.17, 15) is 9.59 Å². The zero-order chi connectivity index (χ0) is 21.0. The van der Waals surface area contributed by atoms with Gasteiger partial charge in [-0.25, -0.2) is 4.79 Å². The standard InChI is InChI=1S/C23H33ClN2O3/c1-23(2,3)29-22(28)26-14-12-25(13-15-26)21(27)20(17-8-5-4-6-9-17)18-10-7-11-19(24)16-18/h7,10-11,16-17,20H,4-6,8-9,12-15H2,1-3H3. The molecule has 0 N–H and O–H groups in total. The van der Waals surface area contributed by atoms with Gasteiger partial charge in [0.15, 0.2) is 0 Å². The maximum Gasteiger partial charge on any atom is 0.410 e. The van der Waals surface area contributed by atoms with Crippen LogP contribution in [0.5, 0.6) is 0 Å². The maximum atomic E-state index is 13.6. The largest absolute Gasteiger partial charge is 0.444 e. The van der Waals surface area contributed by atoms with Crippen molar-refractivity contribution in [3.8, 4) is 0 Å². The van der Waals surface area contributed by atoms with Gasteiger partial charge in [-0.2, -0.15) is 0 Å². The number of benzene rings is 1. The number of hydrogen-bond donors (Lipinski definition) is 0. The molecular formula is C23H33ClN2O3. The van der Waals surface area contributed by atoms with Crippen LogP contribution in [0.25, 0.3) is 0 Å². The van der Waals surface area contributed by atoms with Gasteiger partial charge >= 0.3 is 6.09 Å². The summed E-state index contributed by atoms with van der Waals surface area (Å²) in [5.74, 6) is 0.378. The van der Waals surface area contributed by atoms with E-state index in [1.807, 2.05) is 49.9 Å². The molecule has 0 spiro atoms. The van der Waals surface area contributed by atoms with Gasteiger partial charge in [-0.15, -0.1) is 0 Å². The minimum atomic E-state index is -0.511. The molecular weight excluding hydrogens is 388 g/mol. The molecule has 1 heterocycles.